The zero-order valence-corrected chi connectivity index (χ0v) is 12.9. The van der Waals surface area contributed by atoms with E-state index >= 15 is 0 Å². The van der Waals surface area contributed by atoms with Crippen LogP contribution in [-0.4, -0.2) is 61.0 Å². The lowest BCUT2D eigenvalue weighted by Gasteiger charge is -2.12. The van der Waals surface area contributed by atoms with E-state index in [1.807, 2.05) is 14.1 Å². The number of fused-ring (bicyclic) bond motifs is 1. The van der Waals surface area contributed by atoms with Crippen LogP contribution in [0.25, 0.3) is 0 Å². The average molecular weight is 303 g/mol. The third-order valence-corrected chi connectivity index (χ3v) is 4.01. The first kappa shape index (κ1) is 14.8. The fourth-order valence-corrected chi connectivity index (χ4v) is 3.00. The normalized spacial score (nSPS) is 13.9. The summed E-state index contributed by atoms with van der Waals surface area (Å²) in [5.41, 5.74) is 1.06. The molecule has 19 heavy (non-hydrogen) atoms. The molecule has 0 atom stereocenters. The molecule has 0 saturated heterocycles. The monoisotopic (exact) mass is 302 g/mol. The van der Waals surface area contributed by atoms with Crippen LogP contribution in [0.1, 0.15) is 5.69 Å². The van der Waals surface area contributed by atoms with Crippen molar-refractivity contribution in [2.75, 3.05) is 51.5 Å². The third-order valence-electron chi connectivity index (χ3n) is 2.72. The molecule has 0 aliphatic carbocycles. The van der Waals surface area contributed by atoms with Crippen molar-refractivity contribution in [3.63, 3.8) is 0 Å². The Labute approximate surface area is 123 Å². The molecule has 0 fully saturated rings. The van der Waals surface area contributed by atoms with Crippen molar-refractivity contribution in [3.8, 4) is 0 Å². The second kappa shape index (κ2) is 7.28. The Morgan fingerprint density at radius 3 is 3.00 bits per heavy atom. The van der Waals surface area contributed by atoms with Gasteiger partial charge < -0.3 is 15.0 Å². The predicted octanol–water partition coefficient (Wildman–Crippen LogP) is 1.77. The van der Waals surface area contributed by atoms with Gasteiger partial charge in [-0.25, -0.2) is 4.98 Å². The molecule has 7 heteroatoms. The molecule has 1 aliphatic rings. The van der Waals surface area contributed by atoms with Gasteiger partial charge in [-0.2, -0.15) is 4.98 Å². The molecule has 2 rings (SSSR count). The maximum absolute atomic E-state index is 5.92. The number of anilines is 1. The molecular weight excluding hydrogens is 284 g/mol. The first-order valence-electron chi connectivity index (χ1n) is 6.32. The molecule has 0 unspecified atom stereocenters. The summed E-state index contributed by atoms with van der Waals surface area (Å²) in [6, 6.07) is 0. The SMILES string of the molecule is CN(C)CCOCCNc1nc(Cl)nc2c1SCC2. The molecule has 1 N–H and O–H groups in total. The zero-order chi connectivity index (χ0) is 13.7. The van der Waals surface area contributed by atoms with Crippen LogP contribution in [0, 0.1) is 0 Å². The second-order valence-electron chi connectivity index (χ2n) is 4.56. The van der Waals surface area contributed by atoms with E-state index in [1.54, 1.807) is 11.8 Å². The number of thioether (sulfide) groups is 1. The largest absolute Gasteiger partial charge is 0.378 e. The van der Waals surface area contributed by atoms with E-state index in [0.29, 0.717) is 11.9 Å². The van der Waals surface area contributed by atoms with Crippen LogP contribution in [0.2, 0.25) is 5.28 Å². The minimum atomic E-state index is 0.317. The highest BCUT2D eigenvalue weighted by molar-refractivity contribution is 7.99. The van der Waals surface area contributed by atoms with Crippen LogP contribution in [-0.2, 0) is 11.2 Å². The van der Waals surface area contributed by atoms with Gasteiger partial charge in [-0.15, -0.1) is 11.8 Å². The van der Waals surface area contributed by atoms with Crippen molar-refractivity contribution < 1.29 is 4.74 Å². The summed E-state index contributed by atoms with van der Waals surface area (Å²) in [7, 11) is 4.07. The Morgan fingerprint density at radius 1 is 1.37 bits per heavy atom. The minimum Gasteiger partial charge on any atom is -0.378 e. The molecule has 1 aromatic heterocycles. The molecule has 0 spiro atoms. The van der Waals surface area contributed by atoms with Gasteiger partial charge in [-0.3, -0.25) is 0 Å². The van der Waals surface area contributed by atoms with E-state index in [4.69, 9.17) is 16.3 Å². The molecule has 0 saturated carbocycles. The molecule has 106 valence electrons. The summed E-state index contributed by atoms with van der Waals surface area (Å²) in [4.78, 5) is 11.7. The number of rotatable bonds is 7. The highest BCUT2D eigenvalue weighted by atomic mass is 35.5. The molecule has 0 radical (unpaired) electrons. The number of aromatic nitrogens is 2. The van der Waals surface area contributed by atoms with Crippen molar-refractivity contribution >= 4 is 29.2 Å². The number of nitrogens with one attached hydrogen (secondary N) is 1. The van der Waals surface area contributed by atoms with Crippen LogP contribution in [0.4, 0.5) is 5.82 Å². The van der Waals surface area contributed by atoms with Gasteiger partial charge in [0.1, 0.15) is 5.82 Å². The smallest absolute Gasteiger partial charge is 0.224 e. The zero-order valence-electron chi connectivity index (χ0n) is 11.3. The van der Waals surface area contributed by atoms with Gasteiger partial charge in [0.05, 0.1) is 23.8 Å². The van der Waals surface area contributed by atoms with Gasteiger partial charge in [0, 0.05) is 25.3 Å². The van der Waals surface area contributed by atoms with Gasteiger partial charge >= 0.3 is 0 Å². The number of hydrogen-bond acceptors (Lipinski definition) is 6. The van der Waals surface area contributed by atoms with Crippen molar-refractivity contribution in [2.45, 2.75) is 11.3 Å². The number of nitrogens with zero attached hydrogens (tertiary/aromatic N) is 3. The van der Waals surface area contributed by atoms with E-state index in [0.717, 1.165) is 48.3 Å². The lowest BCUT2D eigenvalue weighted by molar-refractivity contribution is 0.126. The number of hydrogen-bond donors (Lipinski definition) is 1. The lowest BCUT2D eigenvalue weighted by Crippen LogP contribution is -2.20. The number of halogens is 1. The number of ether oxygens (including phenoxy) is 1. The Balaban J connectivity index is 1.77. The van der Waals surface area contributed by atoms with E-state index < -0.39 is 0 Å². The topological polar surface area (TPSA) is 50.3 Å². The summed E-state index contributed by atoms with van der Waals surface area (Å²) in [5.74, 6) is 1.90. The second-order valence-corrected chi connectivity index (χ2v) is 6.00. The summed E-state index contributed by atoms with van der Waals surface area (Å²) >= 11 is 7.70. The van der Waals surface area contributed by atoms with Gasteiger partial charge in [0.2, 0.25) is 5.28 Å². The molecule has 1 aliphatic heterocycles. The fraction of sp³-hybridized carbons (Fsp3) is 0.667. The Morgan fingerprint density at radius 2 is 2.21 bits per heavy atom. The number of likely N-dealkylation sites (N-methyl/N-ethyl adjacent to an activating group) is 1. The summed E-state index contributed by atoms with van der Waals surface area (Å²) < 4.78 is 5.53. The highest BCUT2D eigenvalue weighted by Crippen LogP contribution is 2.35. The van der Waals surface area contributed by atoms with Gasteiger partial charge in [0.25, 0.3) is 0 Å². The van der Waals surface area contributed by atoms with E-state index in [1.165, 1.54) is 0 Å². The van der Waals surface area contributed by atoms with Crippen molar-refractivity contribution in [1.82, 2.24) is 14.9 Å². The highest BCUT2D eigenvalue weighted by Gasteiger charge is 2.19. The van der Waals surface area contributed by atoms with Crippen LogP contribution in [0.5, 0.6) is 0 Å². The maximum atomic E-state index is 5.92. The quantitative estimate of drug-likeness (QED) is 0.612. The van der Waals surface area contributed by atoms with E-state index in [-0.39, 0.29) is 0 Å². The standard InChI is InChI=1S/C12H19ClN4OS/c1-17(2)5-7-18-6-4-14-11-10-9(3-8-19-10)15-12(13)16-11/h3-8H2,1-2H3,(H,14,15,16). The van der Waals surface area contributed by atoms with Crippen molar-refractivity contribution in [3.05, 3.63) is 11.0 Å². The molecule has 1 aromatic rings. The van der Waals surface area contributed by atoms with Gasteiger partial charge in [-0.05, 0) is 25.7 Å². The Kier molecular flexibility index (Phi) is 5.69. The molecular formula is C12H19ClN4OS. The van der Waals surface area contributed by atoms with Crippen LogP contribution >= 0.6 is 23.4 Å². The first-order chi connectivity index (χ1) is 9.16. The van der Waals surface area contributed by atoms with Gasteiger partial charge in [0.15, 0.2) is 0 Å². The van der Waals surface area contributed by atoms with Crippen LogP contribution in [0.15, 0.2) is 4.90 Å². The van der Waals surface area contributed by atoms with Crippen molar-refractivity contribution in [1.29, 1.82) is 0 Å². The van der Waals surface area contributed by atoms with Crippen LogP contribution < -0.4 is 5.32 Å². The fourth-order valence-electron chi connectivity index (χ4n) is 1.75. The predicted molar refractivity (Wildman–Crippen MR) is 79.3 cm³/mol. The van der Waals surface area contributed by atoms with Crippen LogP contribution in [0.3, 0.4) is 0 Å². The molecule has 2 heterocycles. The van der Waals surface area contributed by atoms with E-state index in [2.05, 4.69) is 20.2 Å². The molecule has 5 nitrogen and oxygen atoms in total. The summed E-state index contributed by atoms with van der Waals surface area (Å²) in [6.07, 6.45) is 0.969. The third kappa shape index (κ3) is 4.49. The maximum Gasteiger partial charge on any atom is 0.224 e. The summed E-state index contributed by atoms with van der Waals surface area (Å²) in [5, 5.41) is 3.60. The molecule has 0 aromatic carbocycles. The first-order valence-corrected chi connectivity index (χ1v) is 7.68. The Hall–Kier alpha value is -0.560. The molecule has 0 bridgehead atoms. The molecule has 0 amide bonds. The Bertz CT molecular complexity index is 430. The van der Waals surface area contributed by atoms with E-state index in [9.17, 15) is 0 Å². The van der Waals surface area contributed by atoms with Crippen molar-refractivity contribution in [2.24, 2.45) is 0 Å². The summed E-state index contributed by atoms with van der Waals surface area (Å²) in [6.45, 7) is 3.07. The van der Waals surface area contributed by atoms with Gasteiger partial charge in [-0.1, -0.05) is 0 Å². The lowest BCUT2D eigenvalue weighted by atomic mass is 10.3. The minimum absolute atomic E-state index is 0.317. The number of aryl methyl sites for hydroxylation is 1. The average Bonchev–Trinajstić information content (AvgIpc) is 2.80.